The zero-order valence-electron chi connectivity index (χ0n) is 14.0. The van der Waals surface area contributed by atoms with Gasteiger partial charge in [-0.25, -0.2) is 0 Å². The highest BCUT2D eigenvalue weighted by Crippen LogP contribution is 2.12. The fraction of sp³-hybridized carbons (Fsp3) is 0.353. The van der Waals surface area contributed by atoms with Gasteiger partial charge >= 0.3 is 0 Å². The van der Waals surface area contributed by atoms with E-state index in [1.165, 1.54) is 0 Å². The van der Waals surface area contributed by atoms with Gasteiger partial charge in [-0.3, -0.25) is 14.7 Å². The third kappa shape index (κ3) is 4.58. The summed E-state index contributed by atoms with van der Waals surface area (Å²) in [6, 6.07) is 7.89. The average molecular weight is 330 g/mol. The third-order valence-corrected chi connectivity index (χ3v) is 3.60. The molecule has 0 aliphatic heterocycles. The second kappa shape index (κ2) is 8.14. The highest BCUT2D eigenvalue weighted by Gasteiger charge is 2.24. The predicted octanol–water partition coefficient (Wildman–Crippen LogP) is 1.49. The Morgan fingerprint density at radius 2 is 1.92 bits per heavy atom. The standard InChI is InChI=1S/C17H22N4O3/c1-11(2)15(17(23)18-10-13-8-9-19-21-13)20-16(22)12-4-6-14(24-3)7-5-12/h4-9,11,15H,10H2,1-3H3,(H,18,23)(H,19,21)(H,20,22). The van der Waals surface area contributed by atoms with Gasteiger partial charge in [0.25, 0.3) is 5.91 Å². The predicted molar refractivity (Wildman–Crippen MR) is 89.5 cm³/mol. The molecule has 0 bridgehead atoms. The van der Waals surface area contributed by atoms with Crippen LogP contribution >= 0.6 is 0 Å². The number of carbonyl (C=O) groups is 2. The van der Waals surface area contributed by atoms with Gasteiger partial charge in [-0.15, -0.1) is 0 Å². The zero-order valence-corrected chi connectivity index (χ0v) is 14.0. The van der Waals surface area contributed by atoms with Crippen LogP contribution in [0.1, 0.15) is 29.9 Å². The van der Waals surface area contributed by atoms with Crippen molar-refractivity contribution >= 4 is 11.8 Å². The first-order valence-corrected chi connectivity index (χ1v) is 7.72. The van der Waals surface area contributed by atoms with Gasteiger partial charge in [-0.2, -0.15) is 5.10 Å². The largest absolute Gasteiger partial charge is 0.497 e. The molecule has 1 heterocycles. The van der Waals surface area contributed by atoms with Crippen LogP contribution < -0.4 is 15.4 Å². The number of nitrogens with zero attached hydrogens (tertiary/aromatic N) is 1. The van der Waals surface area contributed by atoms with Gasteiger partial charge in [0.05, 0.1) is 19.3 Å². The maximum Gasteiger partial charge on any atom is 0.251 e. The summed E-state index contributed by atoms with van der Waals surface area (Å²) in [5, 5.41) is 12.2. The van der Waals surface area contributed by atoms with Crippen LogP contribution in [0.2, 0.25) is 0 Å². The molecule has 0 aliphatic rings. The van der Waals surface area contributed by atoms with Crippen LogP contribution in [0.15, 0.2) is 36.5 Å². The number of rotatable bonds is 7. The van der Waals surface area contributed by atoms with E-state index in [-0.39, 0.29) is 17.7 Å². The summed E-state index contributed by atoms with van der Waals surface area (Å²) >= 11 is 0. The molecule has 7 heteroatoms. The smallest absolute Gasteiger partial charge is 0.251 e. The summed E-state index contributed by atoms with van der Waals surface area (Å²) in [4.78, 5) is 24.7. The third-order valence-electron chi connectivity index (χ3n) is 3.60. The second-order valence-corrected chi connectivity index (χ2v) is 5.72. The Hall–Kier alpha value is -2.83. The van der Waals surface area contributed by atoms with Crippen molar-refractivity contribution in [3.63, 3.8) is 0 Å². The molecule has 2 aromatic rings. The lowest BCUT2D eigenvalue weighted by atomic mass is 10.0. The highest BCUT2D eigenvalue weighted by atomic mass is 16.5. The van der Waals surface area contributed by atoms with Crippen LogP contribution in [0.3, 0.4) is 0 Å². The Morgan fingerprint density at radius 3 is 2.46 bits per heavy atom. The molecule has 2 amide bonds. The van der Waals surface area contributed by atoms with E-state index in [0.29, 0.717) is 17.9 Å². The Labute approximate surface area is 140 Å². The number of aromatic nitrogens is 2. The number of hydrogen-bond donors (Lipinski definition) is 3. The van der Waals surface area contributed by atoms with Crippen LogP contribution in [-0.2, 0) is 11.3 Å². The van der Waals surface area contributed by atoms with Crippen molar-refractivity contribution in [3.05, 3.63) is 47.8 Å². The van der Waals surface area contributed by atoms with Crippen LogP contribution in [0.4, 0.5) is 0 Å². The molecule has 1 unspecified atom stereocenters. The molecule has 0 aliphatic carbocycles. The van der Waals surface area contributed by atoms with E-state index >= 15 is 0 Å². The fourth-order valence-electron chi connectivity index (χ4n) is 2.18. The molecule has 0 saturated carbocycles. The maximum absolute atomic E-state index is 12.4. The Morgan fingerprint density at radius 1 is 1.21 bits per heavy atom. The molecule has 0 fully saturated rings. The van der Waals surface area contributed by atoms with E-state index in [1.54, 1.807) is 43.6 Å². The first kappa shape index (κ1) is 17.5. The van der Waals surface area contributed by atoms with E-state index in [9.17, 15) is 9.59 Å². The van der Waals surface area contributed by atoms with E-state index in [4.69, 9.17) is 4.74 Å². The number of amides is 2. The number of benzene rings is 1. The molecule has 1 aromatic carbocycles. The molecule has 1 atom stereocenters. The Balaban J connectivity index is 1.98. The van der Waals surface area contributed by atoms with Crippen molar-refractivity contribution in [2.75, 3.05) is 7.11 Å². The number of aromatic amines is 1. The van der Waals surface area contributed by atoms with Crippen molar-refractivity contribution in [2.24, 2.45) is 5.92 Å². The number of methoxy groups -OCH3 is 1. The maximum atomic E-state index is 12.4. The van der Waals surface area contributed by atoms with E-state index in [0.717, 1.165) is 5.69 Å². The van der Waals surface area contributed by atoms with Gasteiger partial charge in [0.15, 0.2) is 0 Å². The van der Waals surface area contributed by atoms with Crippen molar-refractivity contribution in [1.82, 2.24) is 20.8 Å². The fourth-order valence-corrected chi connectivity index (χ4v) is 2.18. The molecular weight excluding hydrogens is 308 g/mol. The first-order chi connectivity index (χ1) is 11.5. The molecule has 128 valence electrons. The van der Waals surface area contributed by atoms with Gasteiger partial charge in [-0.05, 0) is 36.2 Å². The van der Waals surface area contributed by atoms with Gasteiger partial charge in [0, 0.05) is 11.8 Å². The lowest BCUT2D eigenvalue weighted by Gasteiger charge is -2.21. The minimum absolute atomic E-state index is 0.0473. The summed E-state index contributed by atoms with van der Waals surface area (Å²) in [6.45, 7) is 4.10. The molecule has 24 heavy (non-hydrogen) atoms. The Kier molecular flexibility index (Phi) is 5.95. The van der Waals surface area contributed by atoms with Crippen molar-refractivity contribution < 1.29 is 14.3 Å². The molecule has 0 radical (unpaired) electrons. The second-order valence-electron chi connectivity index (χ2n) is 5.72. The molecule has 1 aromatic heterocycles. The van der Waals surface area contributed by atoms with Crippen molar-refractivity contribution in [1.29, 1.82) is 0 Å². The first-order valence-electron chi connectivity index (χ1n) is 7.72. The number of nitrogens with one attached hydrogen (secondary N) is 3. The molecular formula is C17H22N4O3. The monoisotopic (exact) mass is 330 g/mol. The van der Waals surface area contributed by atoms with Gasteiger partial charge in [0.2, 0.25) is 5.91 Å². The average Bonchev–Trinajstić information content (AvgIpc) is 3.10. The minimum Gasteiger partial charge on any atom is -0.497 e. The lowest BCUT2D eigenvalue weighted by molar-refractivity contribution is -0.124. The van der Waals surface area contributed by atoms with E-state index < -0.39 is 6.04 Å². The van der Waals surface area contributed by atoms with Crippen LogP contribution in [0.5, 0.6) is 5.75 Å². The zero-order chi connectivity index (χ0) is 17.5. The Bertz CT molecular complexity index is 666. The molecule has 0 spiro atoms. The van der Waals surface area contributed by atoms with E-state index in [2.05, 4.69) is 20.8 Å². The van der Waals surface area contributed by atoms with Crippen LogP contribution in [0, 0.1) is 5.92 Å². The summed E-state index contributed by atoms with van der Waals surface area (Å²) in [7, 11) is 1.56. The molecule has 3 N–H and O–H groups in total. The van der Waals surface area contributed by atoms with Gasteiger partial charge < -0.3 is 15.4 Å². The lowest BCUT2D eigenvalue weighted by Crippen LogP contribution is -2.49. The highest BCUT2D eigenvalue weighted by molar-refractivity contribution is 5.97. The van der Waals surface area contributed by atoms with Crippen molar-refractivity contribution in [3.8, 4) is 5.75 Å². The van der Waals surface area contributed by atoms with Gasteiger partial charge in [0.1, 0.15) is 11.8 Å². The minimum atomic E-state index is -0.623. The number of ether oxygens (including phenoxy) is 1. The molecule has 7 nitrogen and oxygen atoms in total. The van der Waals surface area contributed by atoms with Crippen molar-refractivity contribution in [2.45, 2.75) is 26.4 Å². The van der Waals surface area contributed by atoms with E-state index in [1.807, 2.05) is 13.8 Å². The normalized spacial score (nSPS) is 11.8. The number of hydrogen-bond acceptors (Lipinski definition) is 4. The summed E-state index contributed by atoms with van der Waals surface area (Å²) in [5.41, 5.74) is 1.27. The summed E-state index contributed by atoms with van der Waals surface area (Å²) in [5.74, 6) is 0.0905. The summed E-state index contributed by atoms with van der Waals surface area (Å²) in [6.07, 6.45) is 1.62. The SMILES string of the molecule is COc1ccc(C(=O)NC(C(=O)NCc2ccn[nH]2)C(C)C)cc1. The van der Waals surface area contributed by atoms with Gasteiger partial charge in [-0.1, -0.05) is 13.8 Å². The number of H-pyrrole nitrogens is 1. The molecule has 0 saturated heterocycles. The quantitative estimate of drug-likeness (QED) is 0.716. The summed E-state index contributed by atoms with van der Waals surface area (Å²) < 4.78 is 5.07. The molecule has 2 rings (SSSR count). The number of carbonyl (C=O) groups excluding carboxylic acids is 2. The van der Waals surface area contributed by atoms with Crippen LogP contribution in [0.25, 0.3) is 0 Å². The van der Waals surface area contributed by atoms with Crippen LogP contribution in [-0.4, -0.2) is 35.2 Å². The topological polar surface area (TPSA) is 96.1 Å².